The Kier molecular flexibility index (Phi) is 7.34. The molecule has 0 aliphatic heterocycles. The Hall–Kier alpha value is -1.10. The third-order valence-corrected chi connectivity index (χ3v) is 5.43. The van der Waals surface area contributed by atoms with Gasteiger partial charge in [-0.3, -0.25) is 9.59 Å². The molecule has 0 aromatic heterocycles. The number of amides is 2. The average Bonchev–Trinajstić information content (AvgIpc) is 3.07. The van der Waals surface area contributed by atoms with E-state index in [1.54, 1.807) is 0 Å². The lowest BCUT2D eigenvalue weighted by Gasteiger charge is -2.30. The zero-order valence-corrected chi connectivity index (χ0v) is 14.5. The van der Waals surface area contributed by atoms with Gasteiger partial charge in [0.1, 0.15) is 0 Å². The van der Waals surface area contributed by atoms with E-state index in [9.17, 15) is 9.59 Å². The first-order chi connectivity index (χ1) is 11.1. The third kappa shape index (κ3) is 5.79. The molecular formula is C18H33N3O2. The summed E-state index contributed by atoms with van der Waals surface area (Å²) in [5.41, 5.74) is 5.86. The normalized spacial score (nSPS) is 22.5. The van der Waals surface area contributed by atoms with Gasteiger partial charge in [0.25, 0.3) is 0 Å². The molecule has 2 fully saturated rings. The van der Waals surface area contributed by atoms with E-state index in [2.05, 4.69) is 10.6 Å². The zero-order chi connectivity index (χ0) is 16.7. The highest BCUT2D eigenvalue weighted by molar-refractivity contribution is 5.81. The van der Waals surface area contributed by atoms with Crippen LogP contribution in [0.15, 0.2) is 0 Å². The molecule has 4 N–H and O–H groups in total. The smallest absolute Gasteiger partial charge is 0.223 e. The second-order valence-corrected chi connectivity index (χ2v) is 7.40. The fourth-order valence-electron chi connectivity index (χ4n) is 4.05. The molecule has 2 amide bonds. The molecule has 0 spiro atoms. The van der Waals surface area contributed by atoms with Gasteiger partial charge in [-0.15, -0.1) is 0 Å². The maximum absolute atomic E-state index is 12.3. The minimum Gasteiger partial charge on any atom is -0.353 e. The number of rotatable bonds is 7. The second kappa shape index (κ2) is 9.26. The van der Waals surface area contributed by atoms with Crippen LogP contribution in [-0.2, 0) is 9.59 Å². The van der Waals surface area contributed by atoms with E-state index < -0.39 is 0 Å². The van der Waals surface area contributed by atoms with Crippen LogP contribution in [-0.4, -0.2) is 30.4 Å². The molecule has 2 aliphatic rings. The molecule has 0 bridgehead atoms. The van der Waals surface area contributed by atoms with Crippen molar-refractivity contribution in [1.29, 1.82) is 0 Å². The molecule has 2 saturated carbocycles. The van der Waals surface area contributed by atoms with E-state index in [4.69, 9.17) is 5.73 Å². The third-order valence-electron chi connectivity index (χ3n) is 5.43. The van der Waals surface area contributed by atoms with E-state index in [-0.39, 0.29) is 29.8 Å². The van der Waals surface area contributed by atoms with E-state index in [1.165, 1.54) is 19.3 Å². The first kappa shape index (κ1) is 18.2. The predicted octanol–water partition coefficient (Wildman–Crippen LogP) is 2.10. The van der Waals surface area contributed by atoms with Crippen molar-refractivity contribution in [3.8, 4) is 0 Å². The molecule has 0 saturated heterocycles. The minimum atomic E-state index is -0.118. The van der Waals surface area contributed by atoms with Crippen LogP contribution >= 0.6 is 0 Å². The Labute approximate surface area is 140 Å². The standard InChI is InChI=1S/C18H33N3O2/c1-13(20-18(23)15-9-5-6-10-15)11-17(22)21-16(12-19)14-7-3-2-4-8-14/h13-16H,2-12,19H2,1H3,(H,20,23)(H,21,22). The van der Waals surface area contributed by atoms with Crippen LogP contribution in [0.25, 0.3) is 0 Å². The number of nitrogens with one attached hydrogen (secondary N) is 2. The summed E-state index contributed by atoms with van der Waals surface area (Å²) >= 11 is 0. The Morgan fingerprint density at radius 2 is 1.61 bits per heavy atom. The Balaban J connectivity index is 1.72. The van der Waals surface area contributed by atoms with Crippen molar-refractivity contribution >= 4 is 11.8 Å². The number of hydrogen-bond acceptors (Lipinski definition) is 3. The van der Waals surface area contributed by atoms with Crippen LogP contribution < -0.4 is 16.4 Å². The summed E-state index contributed by atoms with van der Waals surface area (Å²) in [5.74, 6) is 0.788. The zero-order valence-electron chi connectivity index (χ0n) is 14.5. The van der Waals surface area contributed by atoms with Gasteiger partial charge in [0.15, 0.2) is 0 Å². The highest BCUT2D eigenvalue weighted by Gasteiger charge is 2.26. The molecule has 0 radical (unpaired) electrons. The molecule has 0 aromatic rings. The Morgan fingerprint density at radius 1 is 1.00 bits per heavy atom. The summed E-state index contributed by atoms with van der Waals surface area (Å²) in [6.07, 6.45) is 10.7. The average molecular weight is 323 g/mol. The van der Waals surface area contributed by atoms with Gasteiger partial charge in [-0.25, -0.2) is 0 Å². The van der Waals surface area contributed by atoms with Gasteiger partial charge in [0.2, 0.25) is 11.8 Å². The number of carbonyl (C=O) groups excluding carboxylic acids is 2. The lowest BCUT2D eigenvalue weighted by molar-refractivity contribution is -0.126. The second-order valence-electron chi connectivity index (χ2n) is 7.40. The molecule has 5 heteroatoms. The van der Waals surface area contributed by atoms with Gasteiger partial charge in [-0.1, -0.05) is 32.1 Å². The molecule has 2 rings (SSSR count). The minimum absolute atomic E-state index is 0.00486. The molecule has 132 valence electrons. The highest BCUT2D eigenvalue weighted by atomic mass is 16.2. The van der Waals surface area contributed by atoms with Crippen molar-refractivity contribution in [3.63, 3.8) is 0 Å². The van der Waals surface area contributed by atoms with E-state index in [1.807, 2.05) is 6.92 Å². The summed E-state index contributed by atoms with van der Waals surface area (Å²) in [6, 6.07) is -0.0339. The maximum atomic E-state index is 12.3. The van der Waals surface area contributed by atoms with Gasteiger partial charge >= 0.3 is 0 Å². The lowest BCUT2D eigenvalue weighted by Crippen LogP contribution is -2.48. The maximum Gasteiger partial charge on any atom is 0.223 e. The number of hydrogen-bond donors (Lipinski definition) is 3. The van der Waals surface area contributed by atoms with Crippen LogP contribution in [0.2, 0.25) is 0 Å². The predicted molar refractivity (Wildman–Crippen MR) is 91.7 cm³/mol. The quantitative estimate of drug-likeness (QED) is 0.671. The molecule has 2 aliphatic carbocycles. The van der Waals surface area contributed by atoms with Crippen molar-refractivity contribution in [2.24, 2.45) is 17.6 Å². The summed E-state index contributed by atoms with van der Waals surface area (Å²) < 4.78 is 0. The molecule has 0 heterocycles. The SMILES string of the molecule is CC(CC(=O)NC(CN)C1CCCCC1)NC(=O)C1CCCC1. The molecule has 2 unspecified atom stereocenters. The van der Waals surface area contributed by atoms with Crippen molar-refractivity contribution < 1.29 is 9.59 Å². The van der Waals surface area contributed by atoms with Crippen LogP contribution in [0.4, 0.5) is 0 Å². The van der Waals surface area contributed by atoms with Crippen molar-refractivity contribution in [1.82, 2.24) is 10.6 Å². The Bertz CT molecular complexity index is 388. The molecule has 0 aromatic carbocycles. The van der Waals surface area contributed by atoms with Crippen molar-refractivity contribution in [2.45, 2.75) is 83.2 Å². The van der Waals surface area contributed by atoms with Crippen LogP contribution in [0.1, 0.15) is 71.1 Å². The summed E-state index contributed by atoms with van der Waals surface area (Å²) in [6.45, 7) is 2.41. The van der Waals surface area contributed by atoms with Gasteiger partial charge in [0, 0.05) is 31.0 Å². The molecule has 5 nitrogen and oxygen atoms in total. The largest absolute Gasteiger partial charge is 0.353 e. The fraction of sp³-hybridized carbons (Fsp3) is 0.889. The number of nitrogens with two attached hydrogens (primary N) is 1. The van der Waals surface area contributed by atoms with Crippen LogP contribution in [0.3, 0.4) is 0 Å². The molecule has 2 atom stereocenters. The lowest BCUT2D eigenvalue weighted by atomic mass is 9.84. The molecular weight excluding hydrogens is 290 g/mol. The van der Waals surface area contributed by atoms with E-state index >= 15 is 0 Å². The summed E-state index contributed by atoms with van der Waals surface area (Å²) in [7, 11) is 0. The van der Waals surface area contributed by atoms with Crippen LogP contribution in [0.5, 0.6) is 0 Å². The van der Waals surface area contributed by atoms with Crippen LogP contribution in [0, 0.1) is 11.8 Å². The van der Waals surface area contributed by atoms with Gasteiger partial charge in [0.05, 0.1) is 0 Å². The van der Waals surface area contributed by atoms with Gasteiger partial charge in [-0.05, 0) is 38.5 Å². The first-order valence-electron chi connectivity index (χ1n) is 9.40. The van der Waals surface area contributed by atoms with E-state index in [0.29, 0.717) is 18.9 Å². The van der Waals surface area contributed by atoms with Crippen molar-refractivity contribution in [2.75, 3.05) is 6.54 Å². The van der Waals surface area contributed by atoms with E-state index in [0.717, 1.165) is 38.5 Å². The summed E-state index contributed by atoms with van der Waals surface area (Å²) in [5, 5.41) is 6.09. The van der Waals surface area contributed by atoms with Gasteiger partial charge in [-0.2, -0.15) is 0 Å². The topological polar surface area (TPSA) is 84.2 Å². The fourth-order valence-corrected chi connectivity index (χ4v) is 4.05. The summed E-state index contributed by atoms with van der Waals surface area (Å²) in [4.78, 5) is 24.4. The monoisotopic (exact) mass is 323 g/mol. The first-order valence-corrected chi connectivity index (χ1v) is 9.40. The highest BCUT2D eigenvalue weighted by Crippen LogP contribution is 2.26. The number of carbonyl (C=O) groups is 2. The molecule has 23 heavy (non-hydrogen) atoms. The van der Waals surface area contributed by atoms with Gasteiger partial charge < -0.3 is 16.4 Å². The Morgan fingerprint density at radius 3 is 2.22 bits per heavy atom. The van der Waals surface area contributed by atoms with Crippen molar-refractivity contribution in [3.05, 3.63) is 0 Å².